The number of benzene rings is 2. The van der Waals surface area contributed by atoms with Gasteiger partial charge in [0.2, 0.25) is 0 Å². The van der Waals surface area contributed by atoms with E-state index in [-0.39, 0.29) is 17.7 Å². The van der Waals surface area contributed by atoms with Gasteiger partial charge >= 0.3 is 0 Å². The van der Waals surface area contributed by atoms with Gasteiger partial charge in [0.15, 0.2) is 0 Å². The molecule has 0 bridgehead atoms. The van der Waals surface area contributed by atoms with Crippen LogP contribution < -0.4 is 15.6 Å². The molecule has 0 aromatic heterocycles. The molecule has 2 aromatic rings. The minimum absolute atomic E-state index is 0.108. The van der Waals surface area contributed by atoms with E-state index in [1.807, 2.05) is 26.0 Å². The Morgan fingerprint density at radius 3 is 2.43 bits per heavy atom. The highest BCUT2D eigenvalue weighted by atomic mass is 35.5. The van der Waals surface area contributed by atoms with Crippen LogP contribution in [-0.4, -0.2) is 37.2 Å². The molecule has 0 spiro atoms. The van der Waals surface area contributed by atoms with Gasteiger partial charge in [0, 0.05) is 29.4 Å². The highest BCUT2D eigenvalue weighted by Gasteiger charge is 2.24. The summed E-state index contributed by atoms with van der Waals surface area (Å²) < 4.78 is 0. The third kappa shape index (κ3) is 5.83. The molecule has 1 aliphatic rings. The summed E-state index contributed by atoms with van der Waals surface area (Å²) in [5.74, 6) is -0.832. The molecule has 1 heterocycles. The number of hydrogen-bond acceptors (Lipinski definition) is 4. The first-order valence-corrected chi connectivity index (χ1v) is 10.6. The summed E-state index contributed by atoms with van der Waals surface area (Å²) in [6.45, 7) is 5.93. The lowest BCUT2D eigenvalue weighted by atomic mass is 10.0. The average Bonchev–Trinajstić information content (AvgIpc) is 3.27. The maximum atomic E-state index is 12.6. The topological polar surface area (TPSA) is 73.8 Å². The van der Waals surface area contributed by atoms with E-state index in [2.05, 4.69) is 32.9 Å². The molecular formula is C23H27ClN4O2. The largest absolute Gasteiger partial charge is 0.372 e. The van der Waals surface area contributed by atoms with Crippen molar-refractivity contribution in [3.8, 4) is 0 Å². The van der Waals surface area contributed by atoms with Crippen molar-refractivity contribution in [2.24, 2.45) is 11.0 Å². The van der Waals surface area contributed by atoms with E-state index in [4.69, 9.17) is 11.6 Å². The molecule has 6 nitrogen and oxygen atoms in total. The molecule has 0 radical (unpaired) electrons. The molecule has 1 fully saturated rings. The van der Waals surface area contributed by atoms with Crippen LogP contribution in [0.5, 0.6) is 0 Å². The average molecular weight is 427 g/mol. The molecule has 2 N–H and O–H groups in total. The van der Waals surface area contributed by atoms with Crippen LogP contribution in [-0.2, 0) is 4.79 Å². The van der Waals surface area contributed by atoms with Gasteiger partial charge < -0.3 is 10.2 Å². The van der Waals surface area contributed by atoms with Crippen molar-refractivity contribution >= 4 is 35.3 Å². The van der Waals surface area contributed by atoms with Crippen LogP contribution in [0.1, 0.15) is 42.6 Å². The second-order valence-corrected chi connectivity index (χ2v) is 8.16. The predicted molar refractivity (Wildman–Crippen MR) is 121 cm³/mol. The highest BCUT2D eigenvalue weighted by Crippen LogP contribution is 2.20. The lowest BCUT2D eigenvalue weighted by Gasteiger charge is -2.20. The second kappa shape index (κ2) is 10.3. The van der Waals surface area contributed by atoms with Gasteiger partial charge in [-0.2, -0.15) is 5.10 Å². The van der Waals surface area contributed by atoms with Crippen molar-refractivity contribution in [1.82, 2.24) is 10.7 Å². The summed E-state index contributed by atoms with van der Waals surface area (Å²) in [5, 5.41) is 7.28. The first kappa shape index (κ1) is 21.8. The number of hydrazone groups is 1. The fourth-order valence-corrected chi connectivity index (χ4v) is 3.57. The Hall–Kier alpha value is -2.86. The number of anilines is 1. The number of hydrogen-bond donors (Lipinski definition) is 2. The van der Waals surface area contributed by atoms with Crippen LogP contribution in [0.25, 0.3) is 0 Å². The number of nitrogens with one attached hydrogen (secondary N) is 2. The smallest absolute Gasteiger partial charge is 0.262 e. The Morgan fingerprint density at radius 1 is 1.10 bits per heavy atom. The van der Waals surface area contributed by atoms with E-state index in [9.17, 15) is 9.59 Å². The summed E-state index contributed by atoms with van der Waals surface area (Å²) in [6.07, 6.45) is 4.07. The van der Waals surface area contributed by atoms with Gasteiger partial charge in [0.05, 0.1) is 6.21 Å². The van der Waals surface area contributed by atoms with Crippen LogP contribution in [0.3, 0.4) is 0 Å². The predicted octanol–water partition coefficient (Wildman–Crippen LogP) is 3.84. The standard InChI is InChI=1S/C23H27ClN4O2/c1-16(2)21(26-22(29)18-6-5-7-19(24)14-18)23(30)27-25-15-17-8-10-20(11-9-17)28-12-3-4-13-28/h5-11,14-16,21H,3-4,12-13H2,1-2H3,(H,26,29)(H,27,30)/b25-15-. The van der Waals surface area contributed by atoms with Crippen molar-refractivity contribution in [1.29, 1.82) is 0 Å². The lowest BCUT2D eigenvalue weighted by Crippen LogP contribution is -2.48. The Balaban J connectivity index is 1.57. The van der Waals surface area contributed by atoms with E-state index >= 15 is 0 Å². The van der Waals surface area contributed by atoms with E-state index in [1.54, 1.807) is 30.5 Å². The van der Waals surface area contributed by atoms with Crippen LogP contribution in [0, 0.1) is 5.92 Å². The summed E-state index contributed by atoms with van der Waals surface area (Å²) >= 11 is 5.94. The summed E-state index contributed by atoms with van der Waals surface area (Å²) in [6, 6.07) is 14.0. The molecule has 0 saturated carbocycles. The number of carbonyl (C=O) groups is 2. The third-order valence-electron chi connectivity index (χ3n) is 5.08. The molecule has 1 atom stereocenters. The minimum atomic E-state index is -0.717. The van der Waals surface area contributed by atoms with Crippen molar-refractivity contribution in [2.45, 2.75) is 32.7 Å². The van der Waals surface area contributed by atoms with Gasteiger partial charge in [-0.05, 0) is 54.7 Å². The SMILES string of the molecule is CC(C)C(NC(=O)c1cccc(Cl)c1)C(=O)N/N=C\c1ccc(N2CCCC2)cc1. The zero-order valence-corrected chi connectivity index (χ0v) is 18.0. The molecule has 1 saturated heterocycles. The molecular weight excluding hydrogens is 400 g/mol. The lowest BCUT2D eigenvalue weighted by molar-refractivity contribution is -0.123. The van der Waals surface area contributed by atoms with E-state index in [0.717, 1.165) is 18.7 Å². The number of halogens is 1. The Labute approximate surface area is 182 Å². The van der Waals surface area contributed by atoms with Gasteiger partial charge in [-0.25, -0.2) is 5.43 Å². The van der Waals surface area contributed by atoms with Crippen molar-refractivity contribution in [2.75, 3.05) is 18.0 Å². The molecule has 2 amide bonds. The third-order valence-corrected chi connectivity index (χ3v) is 5.31. The van der Waals surface area contributed by atoms with E-state index in [0.29, 0.717) is 10.6 Å². The maximum absolute atomic E-state index is 12.6. The number of amides is 2. The van der Waals surface area contributed by atoms with Gasteiger partial charge in [0.25, 0.3) is 11.8 Å². The first-order chi connectivity index (χ1) is 14.4. The van der Waals surface area contributed by atoms with Crippen LogP contribution in [0.15, 0.2) is 53.6 Å². The molecule has 30 heavy (non-hydrogen) atoms. The highest BCUT2D eigenvalue weighted by molar-refractivity contribution is 6.31. The fourth-order valence-electron chi connectivity index (χ4n) is 3.38. The first-order valence-electron chi connectivity index (χ1n) is 10.2. The fraction of sp³-hybridized carbons (Fsp3) is 0.348. The Morgan fingerprint density at radius 2 is 1.80 bits per heavy atom. The number of nitrogens with zero attached hydrogens (tertiary/aromatic N) is 2. The molecule has 1 aliphatic heterocycles. The summed E-state index contributed by atoms with van der Waals surface area (Å²) in [5.41, 5.74) is 5.03. The van der Waals surface area contributed by atoms with Crippen molar-refractivity contribution < 1.29 is 9.59 Å². The van der Waals surface area contributed by atoms with E-state index in [1.165, 1.54) is 18.5 Å². The van der Waals surface area contributed by atoms with Crippen molar-refractivity contribution in [3.63, 3.8) is 0 Å². The van der Waals surface area contributed by atoms with Gasteiger partial charge in [-0.15, -0.1) is 0 Å². The monoisotopic (exact) mass is 426 g/mol. The maximum Gasteiger partial charge on any atom is 0.262 e. The minimum Gasteiger partial charge on any atom is -0.372 e. The van der Waals surface area contributed by atoms with Crippen LogP contribution in [0.4, 0.5) is 5.69 Å². The molecule has 158 valence electrons. The van der Waals surface area contributed by atoms with Crippen molar-refractivity contribution in [3.05, 3.63) is 64.7 Å². The summed E-state index contributed by atoms with van der Waals surface area (Å²) in [7, 11) is 0. The number of rotatable bonds is 7. The molecule has 3 rings (SSSR count). The molecule has 2 aromatic carbocycles. The molecule has 7 heteroatoms. The summed E-state index contributed by atoms with van der Waals surface area (Å²) in [4.78, 5) is 27.4. The molecule has 0 aliphatic carbocycles. The van der Waals surface area contributed by atoms with Crippen LogP contribution >= 0.6 is 11.6 Å². The van der Waals surface area contributed by atoms with E-state index < -0.39 is 6.04 Å². The van der Waals surface area contributed by atoms with Crippen LogP contribution in [0.2, 0.25) is 5.02 Å². The van der Waals surface area contributed by atoms with Gasteiger partial charge in [-0.1, -0.05) is 43.6 Å². The van der Waals surface area contributed by atoms with Gasteiger partial charge in [-0.3, -0.25) is 9.59 Å². The van der Waals surface area contributed by atoms with Gasteiger partial charge in [0.1, 0.15) is 6.04 Å². The quantitative estimate of drug-likeness (QED) is 0.521. The zero-order chi connectivity index (χ0) is 21.5. The normalized spacial score (nSPS) is 14.9. The second-order valence-electron chi connectivity index (χ2n) is 7.73. The Bertz CT molecular complexity index is 906. The molecule has 1 unspecified atom stereocenters. The Kier molecular flexibility index (Phi) is 7.46. The number of carbonyl (C=O) groups excluding carboxylic acids is 2. The zero-order valence-electron chi connectivity index (χ0n) is 17.3.